The molecular formula is C26H46O9. The van der Waals surface area contributed by atoms with Gasteiger partial charge in [0.25, 0.3) is 0 Å². The van der Waals surface area contributed by atoms with Crippen LogP contribution >= 0.6 is 0 Å². The molecule has 0 amide bonds. The summed E-state index contributed by atoms with van der Waals surface area (Å²) in [5, 5.41) is 30.3. The van der Waals surface area contributed by atoms with Gasteiger partial charge in [0.15, 0.2) is 5.60 Å². The van der Waals surface area contributed by atoms with Gasteiger partial charge in [0.2, 0.25) is 0 Å². The number of esters is 1. The molecule has 0 aromatic heterocycles. The Morgan fingerprint density at radius 2 is 1.11 bits per heavy atom. The van der Waals surface area contributed by atoms with E-state index in [2.05, 4.69) is 13.8 Å². The number of carbonyl (C=O) groups excluding carboxylic acids is 1. The molecule has 0 heterocycles. The van der Waals surface area contributed by atoms with E-state index in [1.807, 2.05) is 0 Å². The third-order valence-electron chi connectivity index (χ3n) is 6.58. The van der Waals surface area contributed by atoms with Crippen molar-refractivity contribution in [1.82, 2.24) is 0 Å². The lowest BCUT2D eigenvalue weighted by atomic mass is 9.63. The van der Waals surface area contributed by atoms with Gasteiger partial charge in [-0.05, 0) is 19.8 Å². The van der Waals surface area contributed by atoms with Crippen molar-refractivity contribution in [1.29, 1.82) is 0 Å². The molecule has 1 unspecified atom stereocenters. The molecule has 3 N–H and O–H groups in total. The van der Waals surface area contributed by atoms with Gasteiger partial charge in [-0.25, -0.2) is 9.59 Å². The molecule has 0 aliphatic carbocycles. The van der Waals surface area contributed by atoms with Gasteiger partial charge in [-0.15, -0.1) is 0 Å². The summed E-state index contributed by atoms with van der Waals surface area (Å²) in [6.45, 7) is 4.93. The fourth-order valence-corrected chi connectivity index (χ4v) is 4.63. The van der Waals surface area contributed by atoms with Crippen LogP contribution in [0.5, 0.6) is 0 Å². The van der Waals surface area contributed by atoms with E-state index < -0.39 is 47.9 Å². The minimum absolute atomic E-state index is 0.0286. The van der Waals surface area contributed by atoms with E-state index in [9.17, 15) is 34.5 Å². The number of ether oxygens (including phenoxy) is 2. The van der Waals surface area contributed by atoms with Crippen molar-refractivity contribution >= 4 is 23.9 Å². The SMILES string of the molecule is CCCCCCCCC(CCCCCCCC)(C(=O)O)C(CC(=O)O)(OCC(=O)OCC)C(=O)O. The number of aliphatic carboxylic acids is 3. The quantitative estimate of drug-likeness (QED) is 0.123. The lowest BCUT2D eigenvalue weighted by Crippen LogP contribution is -2.61. The summed E-state index contributed by atoms with van der Waals surface area (Å²) in [5.41, 5.74) is -4.61. The first-order valence-corrected chi connectivity index (χ1v) is 13.1. The molecule has 35 heavy (non-hydrogen) atoms. The molecule has 0 aromatic rings. The average molecular weight is 503 g/mol. The summed E-state index contributed by atoms with van der Waals surface area (Å²) in [5.74, 6) is -5.48. The van der Waals surface area contributed by atoms with E-state index in [1.165, 1.54) is 0 Å². The molecule has 0 fully saturated rings. The summed E-state index contributed by atoms with van der Waals surface area (Å²) in [6.07, 6.45) is 9.04. The summed E-state index contributed by atoms with van der Waals surface area (Å²) in [7, 11) is 0. The Balaban J connectivity index is 6.12. The fraction of sp³-hybridized carbons (Fsp3) is 0.846. The van der Waals surface area contributed by atoms with Crippen LogP contribution in [0, 0.1) is 5.41 Å². The van der Waals surface area contributed by atoms with Crippen molar-refractivity contribution in [3.05, 3.63) is 0 Å². The Kier molecular flexibility index (Phi) is 17.0. The van der Waals surface area contributed by atoms with Crippen molar-refractivity contribution in [3.8, 4) is 0 Å². The van der Waals surface area contributed by atoms with Crippen LogP contribution in [0.4, 0.5) is 0 Å². The third-order valence-corrected chi connectivity index (χ3v) is 6.58. The Labute approximate surface area is 209 Å². The minimum atomic E-state index is -2.61. The predicted octanol–water partition coefficient (Wildman–Crippen LogP) is 5.44. The Bertz CT molecular complexity index is 631. The highest BCUT2D eigenvalue weighted by Crippen LogP contribution is 2.47. The number of unbranched alkanes of at least 4 members (excludes halogenated alkanes) is 10. The van der Waals surface area contributed by atoms with Crippen LogP contribution < -0.4 is 0 Å². The molecule has 0 aliphatic heterocycles. The topological polar surface area (TPSA) is 147 Å². The Hall–Kier alpha value is -2.16. The molecule has 9 heteroatoms. The number of carboxylic acid groups (broad SMARTS) is 3. The lowest BCUT2D eigenvalue weighted by Gasteiger charge is -2.44. The number of rotatable bonds is 23. The second-order valence-corrected chi connectivity index (χ2v) is 9.22. The van der Waals surface area contributed by atoms with Crippen molar-refractivity contribution in [2.24, 2.45) is 5.41 Å². The van der Waals surface area contributed by atoms with Gasteiger partial charge in [0, 0.05) is 0 Å². The van der Waals surface area contributed by atoms with Gasteiger partial charge < -0.3 is 24.8 Å². The van der Waals surface area contributed by atoms with E-state index in [4.69, 9.17) is 9.47 Å². The zero-order valence-corrected chi connectivity index (χ0v) is 21.8. The first kappa shape index (κ1) is 32.8. The molecule has 9 nitrogen and oxygen atoms in total. The van der Waals surface area contributed by atoms with E-state index >= 15 is 0 Å². The first-order chi connectivity index (χ1) is 16.6. The Morgan fingerprint density at radius 3 is 1.49 bits per heavy atom. The van der Waals surface area contributed by atoms with Crippen molar-refractivity contribution < 1.29 is 44.0 Å². The molecule has 204 valence electrons. The zero-order valence-electron chi connectivity index (χ0n) is 21.8. The van der Waals surface area contributed by atoms with E-state index in [0.29, 0.717) is 25.7 Å². The van der Waals surface area contributed by atoms with Crippen LogP contribution in [0.25, 0.3) is 0 Å². The molecule has 0 aliphatic rings. The first-order valence-electron chi connectivity index (χ1n) is 13.1. The van der Waals surface area contributed by atoms with E-state index in [1.54, 1.807) is 6.92 Å². The zero-order chi connectivity index (χ0) is 26.7. The highest BCUT2D eigenvalue weighted by Gasteiger charge is 2.63. The molecule has 0 radical (unpaired) electrons. The third kappa shape index (κ3) is 11.0. The highest BCUT2D eigenvalue weighted by atomic mass is 16.6. The van der Waals surface area contributed by atoms with Crippen molar-refractivity contribution in [3.63, 3.8) is 0 Å². The molecule has 0 aromatic carbocycles. The van der Waals surface area contributed by atoms with Crippen LogP contribution in [0.3, 0.4) is 0 Å². The number of hydrogen-bond donors (Lipinski definition) is 3. The predicted molar refractivity (Wildman–Crippen MR) is 131 cm³/mol. The normalized spacial score (nSPS) is 13.2. The van der Waals surface area contributed by atoms with E-state index in [-0.39, 0.29) is 19.4 Å². The van der Waals surface area contributed by atoms with Gasteiger partial charge >= 0.3 is 23.9 Å². The van der Waals surface area contributed by atoms with E-state index in [0.717, 1.165) is 51.4 Å². The van der Waals surface area contributed by atoms with Gasteiger partial charge in [-0.3, -0.25) is 9.59 Å². The molecule has 0 spiro atoms. The summed E-state index contributed by atoms with van der Waals surface area (Å²) in [4.78, 5) is 49.2. The van der Waals surface area contributed by atoms with Crippen molar-refractivity contribution in [2.45, 2.75) is 123 Å². The summed E-state index contributed by atoms with van der Waals surface area (Å²) in [6, 6.07) is 0. The second kappa shape index (κ2) is 18.2. The molecule has 0 bridgehead atoms. The van der Waals surface area contributed by atoms with Crippen LogP contribution in [-0.4, -0.2) is 58.0 Å². The number of carboxylic acids is 3. The summed E-state index contributed by atoms with van der Waals surface area (Å²) < 4.78 is 10.3. The van der Waals surface area contributed by atoms with Gasteiger partial charge in [-0.1, -0.05) is 90.9 Å². The van der Waals surface area contributed by atoms with Crippen LogP contribution in [0.1, 0.15) is 117 Å². The molecule has 1 atom stereocenters. The van der Waals surface area contributed by atoms with Crippen LogP contribution in [0.15, 0.2) is 0 Å². The lowest BCUT2D eigenvalue weighted by molar-refractivity contribution is -0.210. The van der Waals surface area contributed by atoms with Crippen molar-refractivity contribution in [2.75, 3.05) is 13.2 Å². The highest BCUT2D eigenvalue weighted by molar-refractivity contribution is 5.92. The molecular weight excluding hydrogens is 456 g/mol. The van der Waals surface area contributed by atoms with Crippen LogP contribution in [0.2, 0.25) is 0 Å². The maximum absolute atomic E-state index is 12.8. The van der Waals surface area contributed by atoms with Gasteiger partial charge in [0.05, 0.1) is 13.0 Å². The molecule has 0 rings (SSSR count). The largest absolute Gasteiger partial charge is 0.481 e. The van der Waals surface area contributed by atoms with Gasteiger partial charge in [0.1, 0.15) is 12.0 Å². The maximum atomic E-state index is 12.8. The second-order valence-electron chi connectivity index (χ2n) is 9.22. The maximum Gasteiger partial charge on any atom is 0.337 e. The average Bonchev–Trinajstić information content (AvgIpc) is 2.79. The Morgan fingerprint density at radius 1 is 0.657 bits per heavy atom. The van der Waals surface area contributed by atoms with Gasteiger partial charge in [-0.2, -0.15) is 0 Å². The number of carbonyl (C=O) groups is 4. The van der Waals surface area contributed by atoms with Crippen LogP contribution in [-0.2, 0) is 28.7 Å². The standard InChI is InChI=1S/C26H46O9/c1-4-7-9-11-13-15-17-25(23(30)31,18-16-14-12-10-8-5-2)26(24(32)33,19-21(27)28)35-20-22(29)34-6-3/h4-20H2,1-3H3,(H,27,28)(H,30,31)(H,32,33). The monoisotopic (exact) mass is 502 g/mol. The summed E-state index contributed by atoms with van der Waals surface area (Å²) >= 11 is 0. The fourth-order valence-electron chi connectivity index (χ4n) is 4.63. The minimum Gasteiger partial charge on any atom is -0.481 e. The molecule has 0 saturated carbocycles. The smallest absolute Gasteiger partial charge is 0.337 e. The number of hydrogen-bond acceptors (Lipinski definition) is 6. The molecule has 0 saturated heterocycles.